The topological polar surface area (TPSA) is 95.2 Å². The first-order valence-corrected chi connectivity index (χ1v) is 7.77. The van der Waals surface area contributed by atoms with Gasteiger partial charge in [0, 0.05) is 5.92 Å². The highest BCUT2D eigenvalue weighted by Gasteiger charge is 2.54. The number of benzene rings is 1. The average molecular weight is 300 g/mol. The Morgan fingerprint density at radius 1 is 0.957 bits per heavy atom. The van der Waals surface area contributed by atoms with E-state index in [9.17, 15) is 15.8 Å². The maximum absolute atomic E-state index is 9.80. The third kappa shape index (κ3) is 2.06. The second-order valence-corrected chi connectivity index (χ2v) is 6.11. The number of hydrogen-bond acceptors (Lipinski definition) is 4. The molecule has 0 bridgehead atoms. The number of rotatable bonds is 1. The van der Waals surface area contributed by atoms with Crippen LogP contribution in [0.25, 0.3) is 0 Å². The number of allylic oxidation sites excluding steroid dienone is 2. The van der Waals surface area contributed by atoms with E-state index in [1.165, 1.54) is 0 Å². The van der Waals surface area contributed by atoms with Gasteiger partial charge < -0.3 is 5.41 Å². The summed E-state index contributed by atoms with van der Waals surface area (Å²) in [5, 5.41) is 37.6. The molecule has 3 rings (SSSR count). The predicted octanol–water partition coefficient (Wildman–Crippen LogP) is 3.85. The van der Waals surface area contributed by atoms with Crippen molar-refractivity contribution in [3.8, 4) is 18.2 Å². The van der Waals surface area contributed by atoms with Gasteiger partial charge in [-0.15, -0.1) is 0 Å². The molecular formula is C19H16N4. The molecule has 2 aliphatic carbocycles. The summed E-state index contributed by atoms with van der Waals surface area (Å²) < 4.78 is 0. The predicted molar refractivity (Wildman–Crippen MR) is 85.2 cm³/mol. The largest absolute Gasteiger partial charge is 0.305 e. The SMILES string of the molecule is N#C[C@H]1C(=N)C(C#N)(C#N)[C@H](c2ccccc2)C2=C1CCCC2. The van der Waals surface area contributed by atoms with E-state index < -0.39 is 17.3 Å². The highest BCUT2D eigenvalue weighted by Crippen LogP contribution is 2.53. The van der Waals surface area contributed by atoms with Crippen molar-refractivity contribution in [2.24, 2.45) is 11.3 Å². The minimum Gasteiger partial charge on any atom is -0.305 e. The molecule has 2 aliphatic rings. The molecule has 0 amide bonds. The van der Waals surface area contributed by atoms with E-state index in [-0.39, 0.29) is 5.71 Å². The van der Waals surface area contributed by atoms with Crippen LogP contribution in [0.4, 0.5) is 0 Å². The molecule has 23 heavy (non-hydrogen) atoms. The van der Waals surface area contributed by atoms with Crippen molar-refractivity contribution in [3.05, 3.63) is 47.0 Å². The number of nitrogens with one attached hydrogen (secondary N) is 1. The molecule has 112 valence electrons. The smallest absolute Gasteiger partial charge is 0.192 e. The third-order valence-electron chi connectivity index (χ3n) is 5.01. The molecule has 0 heterocycles. The summed E-state index contributed by atoms with van der Waals surface area (Å²) >= 11 is 0. The Balaban J connectivity index is 2.32. The van der Waals surface area contributed by atoms with Crippen molar-refractivity contribution >= 4 is 5.71 Å². The summed E-state index contributed by atoms with van der Waals surface area (Å²) in [5.41, 5.74) is 1.25. The Morgan fingerprint density at radius 2 is 1.57 bits per heavy atom. The number of nitriles is 3. The number of nitrogens with zero attached hydrogens (tertiary/aromatic N) is 3. The lowest BCUT2D eigenvalue weighted by Crippen LogP contribution is -2.44. The normalized spacial score (nSPS) is 25.7. The summed E-state index contributed by atoms with van der Waals surface area (Å²) in [7, 11) is 0. The fraction of sp³-hybridized carbons (Fsp3) is 0.368. The van der Waals surface area contributed by atoms with Crippen molar-refractivity contribution in [2.45, 2.75) is 31.6 Å². The zero-order valence-corrected chi connectivity index (χ0v) is 12.7. The lowest BCUT2D eigenvalue weighted by Gasteiger charge is -2.42. The summed E-state index contributed by atoms with van der Waals surface area (Å²) in [6, 6.07) is 15.8. The molecule has 4 heteroatoms. The van der Waals surface area contributed by atoms with Crippen LogP contribution in [0.2, 0.25) is 0 Å². The zero-order valence-electron chi connectivity index (χ0n) is 12.7. The lowest BCUT2D eigenvalue weighted by atomic mass is 9.56. The molecule has 1 aromatic rings. The molecule has 4 nitrogen and oxygen atoms in total. The second kappa shape index (κ2) is 5.71. The highest BCUT2D eigenvalue weighted by atomic mass is 14.6. The maximum atomic E-state index is 9.80. The molecule has 0 saturated heterocycles. The Labute approximate surface area is 135 Å². The molecule has 2 atom stereocenters. The summed E-state index contributed by atoms with van der Waals surface area (Å²) in [6.07, 6.45) is 3.58. The molecular weight excluding hydrogens is 284 g/mol. The fourth-order valence-electron chi connectivity index (χ4n) is 3.94. The molecule has 0 unspecified atom stereocenters. The summed E-state index contributed by atoms with van der Waals surface area (Å²) in [6.45, 7) is 0. The van der Waals surface area contributed by atoms with E-state index in [0.29, 0.717) is 0 Å². The third-order valence-corrected chi connectivity index (χ3v) is 5.01. The molecule has 0 radical (unpaired) electrons. The van der Waals surface area contributed by atoms with Gasteiger partial charge in [0.2, 0.25) is 0 Å². The lowest BCUT2D eigenvalue weighted by molar-refractivity contribution is 0.486. The second-order valence-electron chi connectivity index (χ2n) is 6.11. The van der Waals surface area contributed by atoms with Gasteiger partial charge in [-0.1, -0.05) is 35.9 Å². The van der Waals surface area contributed by atoms with Crippen molar-refractivity contribution in [2.75, 3.05) is 0 Å². The van der Waals surface area contributed by atoms with Gasteiger partial charge in [-0.2, -0.15) is 15.8 Å². The Kier molecular flexibility index (Phi) is 3.73. The Morgan fingerprint density at radius 3 is 2.13 bits per heavy atom. The molecule has 1 N–H and O–H groups in total. The van der Waals surface area contributed by atoms with Crippen LogP contribution in [0.3, 0.4) is 0 Å². The molecule has 1 aromatic carbocycles. The van der Waals surface area contributed by atoms with E-state index >= 15 is 0 Å². The number of hydrogen-bond donors (Lipinski definition) is 1. The van der Waals surface area contributed by atoms with E-state index in [1.54, 1.807) is 0 Å². The molecule has 0 aliphatic heterocycles. The Bertz CT molecular complexity index is 785. The van der Waals surface area contributed by atoms with Crippen LogP contribution in [-0.2, 0) is 0 Å². The van der Waals surface area contributed by atoms with Gasteiger partial charge in [-0.3, -0.25) is 0 Å². The maximum Gasteiger partial charge on any atom is 0.192 e. The molecule has 0 saturated carbocycles. The van der Waals surface area contributed by atoms with Crippen LogP contribution >= 0.6 is 0 Å². The van der Waals surface area contributed by atoms with Crippen LogP contribution in [0, 0.1) is 50.7 Å². The molecule has 0 fully saturated rings. The van der Waals surface area contributed by atoms with Gasteiger partial charge in [0.15, 0.2) is 5.41 Å². The van der Waals surface area contributed by atoms with Crippen LogP contribution in [0.15, 0.2) is 41.5 Å². The van der Waals surface area contributed by atoms with Gasteiger partial charge in [-0.25, -0.2) is 0 Å². The van der Waals surface area contributed by atoms with E-state index in [1.807, 2.05) is 30.3 Å². The van der Waals surface area contributed by atoms with Crippen LogP contribution < -0.4 is 0 Å². The van der Waals surface area contributed by atoms with Gasteiger partial charge >= 0.3 is 0 Å². The molecule has 0 spiro atoms. The first-order valence-electron chi connectivity index (χ1n) is 7.77. The van der Waals surface area contributed by atoms with Crippen molar-refractivity contribution < 1.29 is 0 Å². The van der Waals surface area contributed by atoms with Gasteiger partial charge in [0.1, 0.15) is 5.92 Å². The zero-order chi connectivity index (χ0) is 16.4. The monoisotopic (exact) mass is 300 g/mol. The quantitative estimate of drug-likeness (QED) is 0.798. The van der Waals surface area contributed by atoms with E-state index in [4.69, 9.17) is 5.41 Å². The average Bonchev–Trinajstić information content (AvgIpc) is 2.61. The van der Waals surface area contributed by atoms with Crippen molar-refractivity contribution in [3.63, 3.8) is 0 Å². The van der Waals surface area contributed by atoms with Crippen molar-refractivity contribution in [1.82, 2.24) is 0 Å². The van der Waals surface area contributed by atoms with Gasteiger partial charge in [0.05, 0.1) is 23.9 Å². The minimum atomic E-state index is -1.59. The summed E-state index contributed by atoms with van der Waals surface area (Å²) in [5.74, 6) is -1.17. The highest BCUT2D eigenvalue weighted by molar-refractivity contribution is 6.01. The molecule has 0 aromatic heterocycles. The van der Waals surface area contributed by atoms with Gasteiger partial charge in [-0.05, 0) is 36.8 Å². The first kappa shape index (κ1) is 15.0. The fourth-order valence-corrected chi connectivity index (χ4v) is 3.94. The Hall–Kier alpha value is -2.90. The standard InChI is InChI=1S/C19H16N4/c20-10-16-14-8-4-5-9-15(14)17(13-6-2-1-3-7-13)19(11-21,12-22)18(16)23/h1-3,6-7,16-17,23H,4-5,8-9H2/t16-,17-/m1/s1. The van der Waals surface area contributed by atoms with E-state index in [0.717, 1.165) is 42.4 Å². The van der Waals surface area contributed by atoms with Crippen LogP contribution in [0.1, 0.15) is 37.2 Å². The van der Waals surface area contributed by atoms with Gasteiger partial charge in [0.25, 0.3) is 0 Å². The van der Waals surface area contributed by atoms with Crippen LogP contribution in [0.5, 0.6) is 0 Å². The van der Waals surface area contributed by atoms with E-state index in [2.05, 4.69) is 18.2 Å². The minimum absolute atomic E-state index is 0.0560. The van der Waals surface area contributed by atoms with Crippen molar-refractivity contribution in [1.29, 1.82) is 21.2 Å². The van der Waals surface area contributed by atoms with Crippen LogP contribution in [-0.4, -0.2) is 5.71 Å². The summed E-state index contributed by atoms with van der Waals surface area (Å²) in [4.78, 5) is 0. The first-order chi connectivity index (χ1) is 11.2.